The SMILES string of the molecule is C=Cc1coc(=O)c(Br)c1. The van der Waals surface area contributed by atoms with Gasteiger partial charge in [0.1, 0.15) is 10.7 Å². The highest BCUT2D eigenvalue weighted by molar-refractivity contribution is 9.10. The van der Waals surface area contributed by atoms with Crippen LogP contribution in [0.3, 0.4) is 0 Å². The average Bonchev–Trinajstić information content (AvgIpc) is 1.95. The van der Waals surface area contributed by atoms with Crippen molar-refractivity contribution in [2.24, 2.45) is 0 Å². The first-order chi connectivity index (χ1) is 4.74. The Morgan fingerprint density at radius 1 is 1.70 bits per heavy atom. The summed E-state index contributed by atoms with van der Waals surface area (Å²) >= 11 is 3.03. The van der Waals surface area contributed by atoms with Crippen LogP contribution in [0.2, 0.25) is 0 Å². The number of halogens is 1. The third kappa shape index (κ3) is 1.36. The van der Waals surface area contributed by atoms with Crippen molar-refractivity contribution in [3.63, 3.8) is 0 Å². The van der Waals surface area contributed by atoms with Gasteiger partial charge >= 0.3 is 5.63 Å². The molecule has 3 heteroatoms. The van der Waals surface area contributed by atoms with E-state index in [0.29, 0.717) is 4.47 Å². The summed E-state index contributed by atoms with van der Waals surface area (Å²) < 4.78 is 5.03. The van der Waals surface area contributed by atoms with Crippen molar-refractivity contribution in [1.29, 1.82) is 0 Å². The van der Waals surface area contributed by atoms with Gasteiger partial charge in [0.05, 0.1) is 0 Å². The van der Waals surface area contributed by atoms with Gasteiger partial charge in [0.15, 0.2) is 0 Å². The Bertz CT molecular complexity index is 301. The highest BCUT2D eigenvalue weighted by Crippen LogP contribution is 2.06. The van der Waals surface area contributed by atoms with E-state index in [-0.39, 0.29) is 5.63 Å². The van der Waals surface area contributed by atoms with E-state index in [1.165, 1.54) is 6.26 Å². The van der Waals surface area contributed by atoms with Gasteiger partial charge < -0.3 is 4.42 Å². The lowest BCUT2D eigenvalue weighted by molar-refractivity contribution is 0.505. The first-order valence-electron chi connectivity index (χ1n) is 2.65. The topological polar surface area (TPSA) is 30.2 Å². The van der Waals surface area contributed by atoms with E-state index in [9.17, 15) is 4.79 Å². The Morgan fingerprint density at radius 3 is 2.90 bits per heavy atom. The summed E-state index contributed by atoms with van der Waals surface area (Å²) in [7, 11) is 0. The van der Waals surface area contributed by atoms with Gasteiger partial charge in [-0.25, -0.2) is 4.79 Å². The highest BCUT2D eigenvalue weighted by Gasteiger charge is 1.95. The maximum atomic E-state index is 10.6. The molecule has 0 aliphatic heterocycles. The van der Waals surface area contributed by atoms with E-state index >= 15 is 0 Å². The third-order valence-corrected chi connectivity index (χ3v) is 1.58. The first-order valence-corrected chi connectivity index (χ1v) is 3.44. The van der Waals surface area contributed by atoms with Crippen molar-refractivity contribution >= 4 is 22.0 Å². The molecule has 0 atom stereocenters. The summed E-state index contributed by atoms with van der Waals surface area (Å²) in [5.41, 5.74) is 0.414. The van der Waals surface area contributed by atoms with Gasteiger partial charge in [-0.05, 0) is 22.0 Å². The van der Waals surface area contributed by atoms with Gasteiger partial charge in [0.2, 0.25) is 0 Å². The van der Waals surface area contributed by atoms with Crippen LogP contribution in [-0.4, -0.2) is 0 Å². The third-order valence-electron chi connectivity index (χ3n) is 1.03. The van der Waals surface area contributed by atoms with Crippen LogP contribution in [0.5, 0.6) is 0 Å². The second-order valence-corrected chi connectivity index (χ2v) is 2.57. The standard InChI is InChI=1S/C7H5BrO2/c1-2-5-3-6(8)7(9)10-4-5/h2-4H,1H2. The van der Waals surface area contributed by atoms with Crippen LogP contribution in [-0.2, 0) is 0 Å². The van der Waals surface area contributed by atoms with Gasteiger partial charge in [-0.15, -0.1) is 0 Å². The summed E-state index contributed by atoms with van der Waals surface area (Å²) in [5.74, 6) is 0. The Hall–Kier alpha value is -0.830. The van der Waals surface area contributed by atoms with Crippen molar-refractivity contribution in [2.75, 3.05) is 0 Å². The summed E-state index contributed by atoms with van der Waals surface area (Å²) in [5, 5.41) is 0. The Balaban J connectivity index is 3.29. The summed E-state index contributed by atoms with van der Waals surface area (Å²) in [6.45, 7) is 3.52. The van der Waals surface area contributed by atoms with Crippen molar-refractivity contribution in [3.05, 3.63) is 39.4 Å². The van der Waals surface area contributed by atoms with Gasteiger partial charge in [-0.1, -0.05) is 12.7 Å². The molecule has 0 radical (unpaired) electrons. The molecule has 10 heavy (non-hydrogen) atoms. The van der Waals surface area contributed by atoms with E-state index in [1.807, 2.05) is 0 Å². The van der Waals surface area contributed by atoms with E-state index in [2.05, 4.69) is 26.9 Å². The minimum absolute atomic E-state index is 0.370. The molecule has 0 saturated heterocycles. The number of hydrogen-bond acceptors (Lipinski definition) is 2. The van der Waals surface area contributed by atoms with Crippen molar-refractivity contribution in [1.82, 2.24) is 0 Å². The van der Waals surface area contributed by atoms with Gasteiger partial charge in [0.25, 0.3) is 0 Å². The fourth-order valence-corrected chi connectivity index (χ4v) is 0.882. The fraction of sp³-hybridized carbons (Fsp3) is 0. The lowest BCUT2D eigenvalue weighted by Gasteiger charge is -1.89. The van der Waals surface area contributed by atoms with Crippen molar-refractivity contribution < 1.29 is 4.42 Å². The molecule has 0 bridgehead atoms. The van der Waals surface area contributed by atoms with Crippen LogP contribution in [0.4, 0.5) is 0 Å². The zero-order valence-corrected chi connectivity index (χ0v) is 6.72. The molecule has 52 valence electrons. The largest absolute Gasteiger partial charge is 0.430 e. The molecule has 0 unspecified atom stereocenters. The second kappa shape index (κ2) is 2.84. The van der Waals surface area contributed by atoms with Crippen LogP contribution in [0.1, 0.15) is 5.56 Å². The van der Waals surface area contributed by atoms with Crippen LogP contribution >= 0.6 is 15.9 Å². The maximum absolute atomic E-state index is 10.6. The molecule has 1 aromatic rings. The molecular formula is C7H5BrO2. The molecule has 1 aromatic heterocycles. The van der Waals surface area contributed by atoms with E-state index in [4.69, 9.17) is 0 Å². The Kier molecular flexibility index (Phi) is 2.06. The molecule has 0 fully saturated rings. The number of rotatable bonds is 1. The van der Waals surface area contributed by atoms with Gasteiger partial charge in [-0.3, -0.25) is 0 Å². The molecule has 0 saturated carbocycles. The van der Waals surface area contributed by atoms with Crippen LogP contribution in [0.25, 0.3) is 6.08 Å². The normalized spacial score (nSPS) is 9.30. The molecule has 1 rings (SSSR count). The minimum atomic E-state index is -0.370. The quantitative estimate of drug-likeness (QED) is 0.695. The Labute approximate surface area is 66.3 Å². The molecule has 0 amide bonds. The number of hydrogen-bond donors (Lipinski definition) is 0. The van der Waals surface area contributed by atoms with Crippen molar-refractivity contribution in [2.45, 2.75) is 0 Å². The lowest BCUT2D eigenvalue weighted by atomic mass is 10.3. The molecule has 1 heterocycles. The average molecular weight is 201 g/mol. The lowest BCUT2D eigenvalue weighted by Crippen LogP contribution is -1.97. The molecule has 2 nitrogen and oxygen atoms in total. The zero-order chi connectivity index (χ0) is 7.56. The highest BCUT2D eigenvalue weighted by atomic mass is 79.9. The molecule has 0 aromatic carbocycles. The molecule has 0 aliphatic carbocycles. The van der Waals surface area contributed by atoms with Crippen LogP contribution in [0.15, 0.2) is 32.6 Å². The predicted octanol–water partition coefficient (Wildman–Crippen LogP) is 2.05. The summed E-state index contributed by atoms with van der Waals surface area (Å²) in [4.78, 5) is 10.6. The summed E-state index contributed by atoms with van der Waals surface area (Å²) in [6, 6.07) is 1.65. The van der Waals surface area contributed by atoms with E-state index in [1.54, 1.807) is 12.1 Å². The minimum Gasteiger partial charge on any atom is -0.430 e. The molecule has 0 spiro atoms. The zero-order valence-electron chi connectivity index (χ0n) is 5.13. The molecule has 0 N–H and O–H groups in total. The van der Waals surface area contributed by atoms with Gasteiger partial charge in [0, 0.05) is 5.56 Å². The molecule has 0 aliphatic rings. The van der Waals surface area contributed by atoms with Gasteiger partial charge in [-0.2, -0.15) is 0 Å². The monoisotopic (exact) mass is 200 g/mol. The Morgan fingerprint density at radius 2 is 2.40 bits per heavy atom. The first kappa shape index (κ1) is 7.28. The fourth-order valence-electron chi connectivity index (χ4n) is 0.524. The van der Waals surface area contributed by atoms with Crippen molar-refractivity contribution in [3.8, 4) is 0 Å². The van der Waals surface area contributed by atoms with Crippen LogP contribution in [0, 0.1) is 0 Å². The summed E-state index contributed by atoms with van der Waals surface area (Å²) in [6.07, 6.45) is 2.97. The molecular weight excluding hydrogens is 196 g/mol. The van der Waals surface area contributed by atoms with E-state index in [0.717, 1.165) is 5.56 Å². The smallest absolute Gasteiger partial charge is 0.350 e. The predicted molar refractivity (Wildman–Crippen MR) is 42.8 cm³/mol. The maximum Gasteiger partial charge on any atom is 0.350 e. The second-order valence-electron chi connectivity index (χ2n) is 1.72. The van der Waals surface area contributed by atoms with Crippen LogP contribution < -0.4 is 5.63 Å². The van der Waals surface area contributed by atoms with E-state index < -0.39 is 0 Å².